The third-order valence-corrected chi connectivity index (χ3v) is 7.11. The highest BCUT2D eigenvalue weighted by molar-refractivity contribution is 7.86. The number of rotatable bonds is 14. The Bertz CT molecular complexity index is 1900. The van der Waals surface area contributed by atoms with Crippen LogP contribution < -0.4 is 26.4 Å². The van der Waals surface area contributed by atoms with Crippen molar-refractivity contribution in [2.24, 2.45) is 0 Å². The van der Waals surface area contributed by atoms with Crippen molar-refractivity contribution in [3.63, 3.8) is 0 Å². The molecular formula is C20H25N7O13S4. The van der Waals surface area contributed by atoms with Gasteiger partial charge in [0.15, 0.2) is 0 Å². The minimum Gasteiger partial charge on any atom is -0.491 e. The van der Waals surface area contributed by atoms with E-state index >= 15 is 0 Å². The Kier molecular flexibility index (Phi) is 12.7. The van der Waals surface area contributed by atoms with Crippen LogP contribution >= 0.6 is 0 Å². The fraction of sp³-hybridized carbons (Fsp3) is 0.250. The van der Waals surface area contributed by atoms with Crippen LogP contribution in [0.15, 0.2) is 47.4 Å². The van der Waals surface area contributed by atoms with Crippen LogP contribution in [0.5, 0.6) is 5.75 Å². The molecule has 0 unspecified atom stereocenters. The Hall–Kier alpha value is -4.20. The number of nitrogens with one attached hydrogen (secondary N) is 3. The van der Waals surface area contributed by atoms with Crippen LogP contribution in [0.25, 0.3) is 0 Å². The second-order valence-corrected chi connectivity index (χ2v) is 13.2. The summed E-state index contributed by atoms with van der Waals surface area (Å²) in [5.74, 6) is -1.12. The van der Waals surface area contributed by atoms with Crippen molar-refractivity contribution in [1.82, 2.24) is 15.0 Å². The van der Waals surface area contributed by atoms with Gasteiger partial charge in [-0.1, -0.05) is 6.07 Å². The van der Waals surface area contributed by atoms with Gasteiger partial charge in [-0.3, -0.25) is 13.7 Å². The first-order chi connectivity index (χ1) is 20.3. The molecule has 0 saturated heterocycles. The molecule has 1 heterocycles. The van der Waals surface area contributed by atoms with Gasteiger partial charge in [-0.25, -0.2) is 0 Å². The highest BCUT2D eigenvalue weighted by Gasteiger charge is 2.13. The lowest BCUT2D eigenvalue weighted by molar-refractivity contribution is 0.318. The molecule has 0 radical (unpaired) electrons. The van der Waals surface area contributed by atoms with Crippen molar-refractivity contribution in [1.29, 1.82) is 0 Å². The van der Waals surface area contributed by atoms with Gasteiger partial charge in [0.2, 0.25) is 17.8 Å². The molecule has 0 amide bonds. The van der Waals surface area contributed by atoms with Crippen molar-refractivity contribution < 1.29 is 56.3 Å². The molecule has 0 fully saturated rings. The first kappa shape index (κ1) is 36.0. The SMILES string of the molecule is Nc1cc(Nc2nc(NCCS(=O)(=O)O)nc(Nc3cccc(S(=O)(=O)O)c3)n2)ccc1OCCCS(=O)(=O)O.O=S(=O)=O. The predicted molar refractivity (Wildman–Crippen MR) is 155 cm³/mol. The van der Waals surface area contributed by atoms with E-state index in [2.05, 4.69) is 30.9 Å². The van der Waals surface area contributed by atoms with Gasteiger partial charge in [0, 0.05) is 17.9 Å². The van der Waals surface area contributed by atoms with Crippen LogP contribution in [-0.4, -0.2) is 91.1 Å². The molecule has 20 nitrogen and oxygen atoms in total. The Balaban J connectivity index is 0.00000159. The van der Waals surface area contributed by atoms with E-state index in [9.17, 15) is 29.8 Å². The lowest BCUT2D eigenvalue weighted by Crippen LogP contribution is -2.17. The van der Waals surface area contributed by atoms with E-state index in [4.69, 9.17) is 32.2 Å². The summed E-state index contributed by atoms with van der Waals surface area (Å²) in [7, 11) is -16.0. The van der Waals surface area contributed by atoms with Gasteiger partial charge < -0.3 is 26.4 Å². The minimum atomic E-state index is -4.48. The molecule has 0 spiro atoms. The second kappa shape index (κ2) is 15.5. The maximum absolute atomic E-state index is 11.5. The monoisotopic (exact) mass is 699 g/mol. The van der Waals surface area contributed by atoms with E-state index in [0.29, 0.717) is 5.69 Å². The summed E-state index contributed by atoms with van der Waals surface area (Å²) in [5, 5.41) is 8.26. The number of aromatic nitrogens is 3. The van der Waals surface area contributed by atoms with Crippen LogP contribution in [0, 0.1) is 0 Å². The van der Waals surface area contributed by atoms with E-state index < -0.39 is 52.5 Å². The zero-order valence-corrected chi connectivity index (χ0v) is 25.3. The minimum absolute atomic E-state index is 0.0172. The van der Waals surface area contributed by atoms with Gasteiger partial charge in [0.1, 0.15) is 5.75 Å². The number of nitrogens with two attached hydrogens (primary N) is 1. The first-order valence-electron chi connectivity index (χ1n) is 11.6. The third kappa shape index (κ3) is 14.3. The number of hydrogen-bond acceptors (Lipinski definition) is 17. The van der Waals surface area contributed by atoms with Gasteiger partial charge >= 0.3 is 10.6 Å². The highest BCUT2D eigenvalue weighted by atomic mass is 32.2. The number of nitrogen functional groups attached to an aromatic ring is 1. The molecule has 0 aliphatic rings. The summed E-state index contributed by atoms with van der Waals surface area (Å²) < 4.78 is 124. The van der Waals surface area contributed by atoms with E-state index in [0.717, 1.165) is 6.07 Å². The second-order valence-electron chi connectivity index (χ2n) is 8.22. The molecule has 0 aliphatic heterocycles. The van der Waals surface area contributed by atoms with Gasteiger partial charge in [0.05, 0.1) is 28.7 Å². The topological polar surface area (TPSA) is 324 Å². The fourth-order valence-corrected chi connectivity index (χ4v) is 4.40. The summed E-state index contributed by atoms with van der Waals surface area (Å²) >= 11 is 0. The summed E-state index contributed by atoms with van der Waals surface area (Å²) in [6.45, 7) is -0.271. The first-order valence-corrected chi connectivity index (χ1v) is 17.3. The third-order valence-electron chi connectivity index (χ3n) is 4.74. The van der Waals surface area contributed by atoms with Gasteiger partial charge in [-0.05, 0) is 42.8 Å². The van der Waals surface area contributed by atoms with Crippen molar-refractivity contribution in [3.05, 3.63) is 42.5 Å². The lowest BCUT2D eigenvalue weighted by Gasteiger charge is -2.13. The molecule has 2 aromatic carbocycles. The standard InChI is InChI=1S/C20H25N7O10S3.O3S/c21-16-12-14(5-6-17(16)37-8-2-9-38(28,29)30)24-20-26-18(22-7-10-39(31,32)33)25-19(27-20)23-13-3-1-4-15(11-13)40(34,35)36;1-4(2)3/h1,3-6,11-12H,2,7-10,21H2,(H,28,29,30)(H,31,32,33)(H,34,35,36)(H3,22,23,24,25,26,27);. The van der Waals surface area contributed by atoms with Crippen LogP contribution in [-0.2, 0) is 41.0 Å². The van der Waals surface area contributed by atoms with E-state index in [-0.39, 0.29) is 59.4 Å². The van der Waals surface area contributed by atoms with Crippen molar-refractivity contribution in [2.75, 3.05) is 46.3 Å². The van der Waals surface area contributed by atoms with Crippen molar-refractivity contribution in [2.45, 2.75) is 11.3 Å². The maximum atomic E-state index is 11.5. The average molecular weight is 700 g/mol. The Morgan fingerprint density at radius 1 is 0.773 bits per heavy atom. The quantitative estimate of drug-likeness (QED) is 0.0668. The summed E-state index contributed by atoms with van der Waals surface area (Å²) in [6.07, 6.45) is 0.0411. The van der Waals surface area contributed by atoms with Gasteiger partial charge in [0.25, 0.3) is 30.4 Å². The Morgan fingerprint density at radius 3 is 1.84 bits per heavy atom. The molecule has 24 heteroatoms. The van der Waals surface area contributed by atoms with Crippen LogP contribution in [0.3, 0.4) is 0 Å². The Labute approximate surface area is 252 Å². The number of ether oxygens (including phenoxy) is 1. The highest BCUT2D eigenvalue weighted by Crippen LogP contribution is 2.27. The summed E-state index contributed by atoms with van der Waals surface area (Å²) in [5.41, 5.74) is 6.76. The fourth-order valence-electron chi connectivity index (χ4n) is 3.03. The average Bonchev–Trinajstić information content (AvgIpc) is 2.85. The van der Waals surface area contributed by atoms with Crippen LogP contribution in [0.4, 0.5) is 34.9 Å². The zero-order chi connectivity index (χ0) is 33.1. The molecule has 3 rings (SSSR count). The molecular weight excluding hydrogens is 675 g/mol. The molecule has 3 aromatic rings. The largest absolute Gasteiger partial charge is 0.491 e. The normalized spacial score (nSPS) is 11.5. The van der Waals surface area contributed by atoms with Gasteiger partial charge in [-0.2, -0.15) is 40.2 Å². The molecule has 1 aromatic heterocycles. The van der Waals surface area contributed by atoms with Crippen molar-refractivity contribution in [3.8, 4) is 5.75 Å². The number of hydrogen-bond donors (Lipinski definition) is 7. The Morgan fingerprint density at radius 2 is 1.32 bits per heavy atom. The number of nitrogens with zero attached hydrogens (tertiary/aromatic N) is 3. The van der Waals surface area contributed by atoms with Crippen LogP contribution in [0.2, 0.25) is 0 Å². The van der Waals surface area contributed by atoms with E-state index in [1.807, 2.05) is 0 Å². The van der Waals surface area contributed by atoms with Crippen LogP contribution in [0.1, 0.15) is 6.42 Å². The summed E-state index contributed by atoms with van der Waals surface area (Å²) in [4.78, 5) is 12.0. The molecule has 8 N–H and O–H groups in total. The molecule has 0 aliphatic carbocycles. The van der Waals surface area contributed by atoms with E-state index in [1.165, 1.54) is 30.3 Å². The molecule has 44 heavy (non-hydrogen) atoms. The number of benzene rings is 2. The maximum Gasteiger partial charge on any atom is 0.425 e. The van der Waals surface area contributed by atoms with Crippen molar-refractivity contribution >= 4 is 75.9 Å². The zero-order valence-electron chi connectivity index (χ0n) is 22.1. The summed E-state index contributed by atoms with van der Waals surface area (Å²) in [6, 6.07) is 9.67. The molecule has 242 valence electrons. The van der Waals surface area contributed by atoms with E-state index in [1.54, 1.807) is 6.07 Å². The number of anilines is 6. The molecule has 0 atom stereocenters. The molecule has 0 saturated carbocycles. The predicted octanol–water partition coefficient (Wildman–Crippen LogP) is 0.140. The lowest BCUT2D eigenvalue weighted by atomic mass is 10.2. The smallest absolute Gasteiger partial charge is 0.425 e. The van der Waals surface area contributed by atoms with Gasteiger partial charge in [-0.15, -0.1) is 12.6 Å². The molecule has 0 bridgehead atoms.